The number of aromatic nitrogens is 3. The molecule has 0 aliphatic rings. The van der Waals surface area contributed by atoms with E-state index < -0.39 is 0 Å². The first-order valence-corrected chi connectivity index (χ1v) is 10.5. The van der Waals surface area contributed by atoms with Gasteiger partial charge in [-0.2, -0.15) is 0 Å². The smallest absolute Gasteiger partial charge is 0.150 e. The summed E-state index contributed by atoms with van der Waals surface area (Å²) in [7, 11) is 0. The van der Waals surface area contributed by atoms with Gasteiger partial charge in [0.1, 0.15) is 18.9 Å². The molecule has 0 atom stereocenters. The maximum Gasteiger partial charge on any atom is 0.150 e. The Bertz CT molecular complexity index is 1980. The van der Waals surface area contributed by atoms with Crippen LogP contribution in [0.3, 0.4) is 0 Å². The first kappa shape index (κ1) is 17.9. The van der Waals surface area contributed by atoms with Crippen molar-refractivity contribution < 1.29 is 14.4 Å². The van der Waals surface area contributed by atoms with Gasteiger partial charge in [0.15, 0.2) is 0 Å². The Balaban J connectivity index is 1.85. The Labute approximate surface area is 185 Å². The number of carbonyl (C=O) groups is 3. The maximum atomic E-state index is 11.5. The lowest BCUT2D eigenvalue weighted by Gasteiger charge is -2.01. The number of benzene rings is 4. The minimum atomic E-state index is 0.590. The second kappa shape index (κ2) is 6.17. The average molecular weight is 429 g/mol. The van der Waals surface area contributed by atoms with Gasteiger partial charge in [-0.15, -0.1) is 0 Å². The fourth-order valence-corrected chi connectivity index (χ4v) is 5.19. The van der Waals surface area contributed by atoms with Crippen LogP contribution in [-0.4, -0.2) is 33.8 Å². The lowest BCUT2D eigenvalue weighted by molar-refractivity contribution is 0.111. The van der Waals surface area contributed by atoms with Gasteiger partial charge in [-0.25, -0.2) is 0 Å². The van der Waals surface area contributed by atoms with Crippen molar-refractivity contribution >= 4 is 84.3 Å². The minimum Gasteiger partial charge on any atom is -0.354 e. The van der Waals surface area contributed by atoms with Crippen LogP contribution in [0.4, 0.5) is 0 Å². The van der Waals surface area contributed by atoms with E-state index in [1.807, 2.05) is 36.4 Å². The Hall–Kier alpha value is -4.71. The number of hydrogen-bond acceptors (Lipinski definition) is 3. The summed E-state index contributed by atoms with van der Waals surface area (Å²) in [5.74, 6) is 0. The highest BCUT2D eigenvalue weighted by molar-refractivity contribution is 6.39. The molecule has 4 aromatic carbocycles. The predicted molar refractivity (Wildman–Crippen MR) is 131 cm³/mol. The van der Waals surface area contributed by atoms with Gasteiger partial charge in [-0.3, -0.25) is 14.4 Å². The highest BCUT2D eigenvalue weighted by Crippen LogP contribution is 2.44. The van der Waals surface area contributed by atoms with E-state index in [2.05, 4.69) is 15.0 Å². The van der Waals surface area contributed by atoms with Crippen LogP contribution in [0, 0.1) is 0 Å². The summed E-state index contributed by atoms with van der Waals surface area (Å²) < 4.78 is 0. The van der Waals surface area contributed by atoms with Crippen LogP contribution < -0.4 is 0 Å². The zero-order valence-corrected chi connectivity index (χ0v) is 17.2. The third-order valence-corrected chi connectivity index (χ3v) is 6.63. The second-order valence-corrected chi connectivity index (χ2v) is 8.39. The highest BCUT2D eigenvalue weighted by Gasteiger charge is 2.21. The molecule has 3 N–H and O–H groups in total. The zero-order valence-electron chi connectivity index (χ0n) is 17.2. The minimum absolute atomic E-state index is 0.590. The number of rotatable bonds is 3. The molecule has 156 valence electrons. The molecule has 7 aromatic rings. The molecule has 3 heterocycles. The Morgan fingerprint density at radius 1 is 0.455 bits per heavy atom. The van der Waals surface area contributed by atoms with Crippen molar-refractivity contribution in [2.75, 3.05) is 0 Å². The number of carbonyl (C=O) groups excluding carboxylic acids is 3. The van der Waals surface area contributed by atoms with Crippen molar-refractivity contribution in [1.82, 2.24) is 15.0 Å². The van der Waals surface area contributed by atoms with E-state index in [0.29, 0.717) is 16.7 Å². The Morgan fingerprint density at radius 2 is 0.818 bits per heavy atom. The lowest BCUT2D eigenvalue weighted by atomic mass is 10.00. The van der Waals surface area contributed by atoms with Crippen molar-refractivity contribution in [1.29, 1.82) is 0 Å². The molecule has 0 saturated heterocycles. The van der Waals surface area contributed by atoms with Crippen LogP contribution in [-0.2, 0) is 0 Å². The number of aromatic amines is 3. The van der Waals surface area contributed by atoms with E-state index in [1.54, 1.807) is 18.2 Å². The van der Waals surface area contributed by atoms with E-state index >= 15 is 0 Å². The first-order chi connectivity index (χ1) is 16.2. The summed E-state index contributed by atoms with van der Waals surface area (Å²) in [6.07, 6.45) is 2.53. The number of hydrogen-bond donors (Lipinski definition) is 3. The van der Waals surface area contributed by atoms with E-state index in [4.69, 9.17) is 0 Å². The zero-order chi connectivity index (χ0) is 22.3. The van der Waals surface area contributed by atoms with Gasteiger partial charge in [-0.1, -0.05) is 0 Å². The molecular weight excluding hydrogens is 414 g/mol. The van der Waals surface area contributed by atoms with Crippen molar-refractivity contribution in [2.45, 2.75) is 0 Å². The SMILES string of the molecule is O=Cc1ccc2[nH]c3c4[nH]c5ccc(C=O)cc5c4c4c5cc(C=O)ccc5[nH]c4c3c2c1. The maximum absolute atomic E-state index is 11.5. The number of aldehydes is 3. The van der Waals surface area contributed by atoms with Gasteiger partial charge < -0.3 is 15.0 Å². The fourth-order valence-electron chi connectivity index (χ4n) is 5.19. The molecule has 6 nitrogen and oxygen atoms in total. The molecule has 0 bridgehead atoms. The summed E-state index contributed by atoms with van der Waals surface area (Å²) in [6, 6.07) is 16.8. The van der Waals surface area contributed by atoms with Crippen LogP contribution in [0.15, 0.2) is 54.6 Å². The predicted octanol–water partition coefficient (Wildman–Crippen LogP) is 6.03. The fraction of sp³-hybridized carbons (Fsp3) is 0. The molecule has 0 unspecified atom stereocenters. The molecule has 0 amide bonds. The summed E-state index contributed by atoms with van der Waals surface area (Å²) >= 11 is 0. The topological polar surface area (TPSA) is 98.6 Å². The third kappa shape index (κ3) is 2.24. The third-order valence-electron chi connectivity index (χ3n) is 6.63. The van der Waals surface area contributed by atoms with E-state index in [9.17, 15) is 14.4 Å². The molecule has 0 saturated carbocycles. The molecule has 0 radical (unpaired) electrons. The van der Waals surface area contributed by atoms with Crippen molar-refractivity contribution in [3.05, 3.63) is 71.3 Å². The Kier molecular flexibility index (Phi) is 3.35. The molecule has 7 rings (SSSR count). The molecule has 3 aromatic heterocycles. The van der Waals surface area contributed by atoms with Crippen molar-refractivity contribution in [3.63, 3.8) is 0 Å². The van der Waals surface area contributed by atoms with Crippen LogP contribution >= 0.6 is 0 Å². The summed E-state index contributed by atoms with van der Waals surface area (Å²) in [4.78, 5) is 45.2. The van der Waals surface area contributed by atoms with E-state index in [-0.39, 0.29) is 0 Å². The highest BCUT2D eigenvalue weighted by atomic mass is 16.1. The standard InChI is InChI=1S/C27H15N3O3/c31-10-13-1-4-19-16(7-13)22-23-17-8-14(11-32)2-5-20(17)29-26(23)27-24(25(22)28-19)18-9-15(12-33)3-6-21(18)30-27/h1-12,28-30H. The molecule has 33 heavy (non-hydrogen) atoms. The van der Waals surface area contributed by atoms with Crippen LogP contribution in [0.2, 0.25) is 0 Å². The average Bonchev–Trinajstić information content (AvgIpc) is 3.53. The normalized spacial score (nSPS) is 12.0. The summed E-state index contributed by atoms with van der Waals surface area (Å²) in [6.45, 7) is 0. The first-order valence-electron chi connectivity index (χ1n) is 10.5. The van der Waals surface area contributed by atoms with Gasteiger partial charge >= 0.3 is 0 Å². The van der Waals surface area contributed by atoms with Crippen LogP contribution in [0.1, 0.15) is 31.1 Å². The largest absolute Gasteiger partial charge is 0.354 e. The Morgan fingerprint density at radius 3 is 1.27 bits per heavy atom. The molecule has 0 spiro atoms. The van der Waals surface area contributed by atoms with Crippen molar-refractivity contribution in [2.24, 2.45) is 0 Å². The number of nitrogens with one attached hydrogen (secondary N) is 3. The molecular formula is C27H15N3O3. The van der Waals surface area contributed by atoms with Gasteiger partial charge in [0.2, 0.25) is 0 Å². The van der Waals surface area contributed by atoms with Gasteiger partial charge in [-0.05, 0) is 54.6 Å². The molecule has 6 heteroatoms. The van der Waals surface area contributed by atoms with Crippen LogP contribution in [0.5, 0.6) is 0 Å². The van der Waals surface area contributed by atoms with Gasteiger partial charge in [0.25, 0.3) is 0 Å². The summed E-state index contributed by atoms with van der Waals surface area (Å²) in [5.41, 5.74) is 7.28. The van der Waals surface area contributed by atoms with Crippen molar-refractivity contribution in [3.8, 4) is 0 Å². The van der Waals surface area contributed by atoms with E-state index in [0.717, 1.165) is 84.3 Å². The summed E-state index contributed by atoms with van der Waals surface area (Å²) in [5, 5.41) is 5.74. The quantitative estimate of drug-likeness (QED) is 0.299. The molecule has 0 aliphatic heterocycles. The second-order valence-electron chi connectivity index (χ2n) is 8.39. The lowest BCUT2D eigenvalue weighted by Crippen LogP contribution is -1.80. The van der Waals surface area contributed by atoms with Gasteiger partial charge in [0.05, 0.1) is 16.6 Å². The monoisotopic (exact) mass is 429 g/mol. The van der Waals surface area contributed by atoms with Crippen LogP contribution in [0.25, 0.3) is 65.4 Å². The molecule has 0 fully saturated rings. The number of fused-ring (bicyclic) bond motifs is 12. The molecule has 0 aliphatic carbocycles. The van der Waals surface area contributed by atoms with E-state index in [1.165, 1.54) is 0 Å². The number of H-pyrrole nitrogens is 3. The van der Waals surface area contributed by atoms with Gasteiger partial charge in [0, 0.05) is 65.6 Å².